The largest absolute Gasteiger partial charge is 0.493 e. The van der Waals surface area contributed by atoms with E-state index in [1.165, 1.54) is 25.7 Å². The van der Waals surface area contributed by atoms with Gasteiger partial charge in [0.1, 0.15) is 5.82 Å². The maximum Gasteiger partial charge on any atom is 0.228 e. The van der Waals surface area contributed by atoms with Crippen molar-refractivity contribution in [2.24, 2.45) is 5.92 Å². The molecular weight excluding hydrogens is 304 g/mol. The Labute approximate surface area is 142 Å². The van der Waals surface area contributed by atoms with Gasteiger partial charge in [-0.25, -0.2) is 4.98 Å². The first-order valence-electron chi connectivity index (χ1n) is 8.58. The summed E-state index contributed by atoms with van der Waals surface area (Å²) in [6.45, 7) is 2.34. The second-order valence-corrected chi connectivity index (χ2v) is 7.00. The van der Waals surface area contributed by atoms with E-state index in [-0.39, 0.29) is 0 Å². The number of nitrogens with zero attached hydrogens (tertiary/aromatic N) is 3. The van der Waals surface area contributed by atoms with E-state index >= 15 is 0 Å². The molecule has 1 aromatic carbocycles. The number of rotatable bonds is 3. The Hall–Kier alpha value is -2.24. The van der Waals surface area contributed by atoms with Crippen LogP contribution < -0.4 is 20.1 Å². The average Bonchev–Trinajstić information content (AvgIpc) is 2.85. The number of hydrogen-bond donors (Lipinski definition) is 1. The lowest BCUT2D eigenvalue weighted by atomic mass is 9.93. The molecular formula is C18H24N4O2. The smallest absolute Gasteiger partial charge is 0.228 e. The van der Waals surface area contributed by atoms with Crippen LogP contribution in [0.4, 0.5) is 11.8 Å². The van der Waals surface area contributed by atoms with Crippen molar-refractivity contribution in [3.63, 3.8) is 0 Å². The van der Waals surface area contributed by atoms with Crippen LogP contribution in [0, 0.1) is 5.92 Å². The Morgan fingerprint density at radius 2 is 1.67 bits per heavy atom. The van der Waals surface area contributed by atoms with Crippen molar-refractivity contribution in [2.75, 3.05) is 24.9 Å². The fraction of sp³-hybridized carbons (Fsp3) is 0.556. The number of methoxy groups -OCH3 is 2. The third-order valence-corrected chi connectivity index (χ3v) is 5.42. The number of nitrogen functional groups attached to an aromatic ring is 1. The predicted molar refractivity (Wildman–Crippen MR) is 94.7 cm³/mol. The maximum atomic E-state index is 6.24. The van der Waals surface area contributed by atoms with Gasteiger partial charge >= 0.3 is 0 Å². The van der Waals surface area contributed by atoms with Gasteiger partial charge in [0.15, 0.2) is 11.5 Å². The van der Waals surface area contributed by atoms with E-state index in [9.17, 15) is 0 Å². The molecule has 2 saturated heterocycles. The maximum absolute atomic E-state index is 6.24. The summed E-state index contributed by atoms with van der Waals surface area (Å²) in [5.74, 6) is 3.32. The lowest BCUT2D eigenvalue weighted by molar-refractivity contribution is 0.355. The molecule has 0 radical (unpaired) electrons. The molecule has 0 spiro atoms. The average molecular weight is 328 g/mol. The summed E-state index contributed by atoms with van der Waals surface area (Å²) >= 11 is 0. The minimum atomic E-state index is 0.494. The minimum absolute atomic E-state index is 0.494. The van der Waals surface area contributed by atoms with Crippen LogP contribution in [0.15, 0.2) is 12.1 Å². The summed E-state index contributed by atoms with van der Waals surface area (Å²) in [5, 5.41) is 0.800. The molecule has 0 aliphatic carbocycles. The molecule has 2 aromatic rings. The van der Waals surface area contributed by atoms with Crippen LogP contribution in [0.1, 0.15) is 32.6 Å². The van der Waals surface area contributed by atoms with Gasteiger partial charge in [-0.3, -0.25) is 0 Å². The lowest BCUT2D eigenvalue weighted by Gasteiger charge is -2.38. The second kappa shape index (κ2) is 5.69. The molecule has 2 aliphatic heterocycles. The Bertz CT molecular complexity index is 765. The van der Waals surface area contributed by atoms with Crippen molar-refractivity contribution < 1.29 is 9.47 Å². The van der Waals surface area contributed by atoms with Crippen LogP contribution in [0.2, 0.25) is 0 Å². The summed E-state index contributed by atoms with van der Waals surface area (Å²) in [5.41, 5.74) is 7.04. The summed E-state index contributed by atoms with van der Waals surface area (Å²) < 4.78 is 10.8. The summed E-state index contributed by atoms with van der Waals surface area (Å²) in [6, 6.07) is 4.80. The van der Waals surface area contributed by atoms with Gasteiger partial charge in [0, 0.05) is 23.5 Å². The third kappa shape index (κ3) is 2.32. The molecule has 4 rings (SSSR count). The number of aromatic nitrogens is 2. The Balaban J connectivity index is 1.80. The number of fused-ring (bicyclic) bond motifs is 3. The number of ether oxygens (including phenoxy) is 2. The molecule has 2 N–H and O–H groups in total. The van der Waals surface area contributed by atoms with Gasteiger partial charge in [-0.15, -0.1) is 0 Å². The van der Waals surface area contributed by atoms with Crippen LogP contribution in [-0.2, 0) is 0 Å². The molecule has 2 atom stereocenters. The van der Waals surface area contributed by atoms with Crippen LogP contribution in [-0.4, -0.2) is 36.3 Å². The third-order valence-electron chi connectivity index (χ3n) is 5.42. The fourth-order valence-corrected chi connectivity index (χ4v) is 4.36. The number of anilines is 2. The molecule has 2 unspecified atom stereocenters. The summed E-state index contributed by atoms with van der Waals surface area (Å²) in [6.07, 6.45) is 4.87. The first-order valence-corrected chi connectivity index (χ1v) is 8.58. The monoisotopic (exact) mass is 328 g/mol. The van der Waals surface area contributed by atoms with Gasteiger partial charge < -0.3 is 20.1 Å². The normalized spacial score (nSPS) is 26.0. The van der Waals surface area contributed by atoms with Crippen LogP contribution in [0.25, 0.3) is 10.9 Å². The first-order chi connectivity index (χ1) is 11.6. The molecule has 6 nitrogen and oxygen atoms in total. The highest BCUT2D eigenvalue weighted by molar-refractivity contribution is 5.91. The standard InChI is InChI=1S/C18H24N4O2/c1-10-6-11-4-5-12(7-10)22(11)18-20-14-9-16(24-3)15(23-2)8-13(14)17(19)21-18/h8-12H,4-7H2,1-3H3,(H2,19,20,21). The van der Waals surface area contributed by atoms with E-state index in [0.29, 0.717) is 29.4 Å². The van der Waals surface area contributed by atoms with Crippen molar-refractivity contribution in [1.29, 1.82) is 0 Å². The molecule has 0 saturated carbocycles. The van der Waals surface area contributed by atoms with E-state index in [4.69, 9.17) is 20.2 Å². The van der Waals surface area contributed by atoms with Gasteiger partial charge in [-0.2, -0.15) is 4.98 Å². The Kier molecular flexibility index (Phi) is 3.62. The molecule has 1 aromatic heterocycles. The number of piperidine rings is 1. The highest BCUT2D eigenvalue weighted by Crippen LogP contribution is 2.41. The van der Waals surface area contributed by atoms with E-state index in [0.717, 1.165) is 22.8 Å². The van der Waals surface area contributed by atoms with Crippen molar-refractivity contribution in [3.05, 3.63) is 12.1 Å². The van der Waals surface area contributed by atoms with Crippen LogP contribution in [0.5, 0.6) is 11.5 Å². The molecule has 2 fully saturated rings. The lowest BCUT2D eigenvalue weighted by Crippen LogP contribution is -2.43. The SMILES string of the molecule is COc1cc2nc(N3C4CCC3CC(C)C4)nc(N)c2cc1OC. The van der Waals surface area contributed by atoms with Gasteiger partial charge in [0.2, 0.25) is 5.95 Å². The van der Waals surface area contributed by atoms with Gasteiger partial charge in [-0.1, -0.05) is 6.92 Å². The zero-order chi connectivity index (χ0) is 16.8. The molecule has 6 heteroatoms. The molecule has 2 bridgehead atoms. The first kappa shape index (κ1) is 15.3. The predicted octanol–water partition coefficient (Wildman–Crippen LogP) is 3.00. The van der Waals surface area contributed by atoms with Crippen molar-refractivity contribution >= 4 is 22.7 Å². The zero-order valence-electron chi connectivity index (χ0n) is 14.5. The molecule has 2 aliphatic rings. The van der Waals surface area contributed by atoms with Crippen LogP contribution in [0.3, 0.4) is 0 Å². The Morgan fingerprint density at radius 1 is 1.04 bits per heavy atom. The fourth-order valence-electron chi connectivity index (χ4n) is 4.36. The highest BCUT2D eigenvalue weighted by Gasteiger charge is 2.40. The summed E-state index contributed by atoms with van der Waals surface area (Å²) in [7, 11) is 3.24. The van der Waals surface area contributed by atoms with E-state index in [1.54, 1.807) is 14.2 Å². The van der Waals surface area contributed by atoms with Crippen LogP contribution >= 0.6 is 0 Å². The summed E-state index contributed by atoms with van der Waals surface area (Å²) in [4.78, 5) is 11.8. The number of benzene rings is 1. The molecule has 0 amide bonds. The highest BCUT2D eigenvalue weighted by atomic mass is 16.5. The van der Waals surface area contributed by atoms with Gasteiger partial charge in [0.25, 0.3) is 0 Å². The number of hydrogen-bond acceptors (Lipinski definition) is 6. The second-order valence-electron chi connectivity index (χ2n) is 7.00. The van der Waals surface area contributed by atoms with E-state index < -0.39 is 0 Å². The van der Waals surface area contributed by atoms with Gasteiger partial charge in [-0.05, 0) is 37.7 Å². The van der Waals surface area contributed by atoms with Crippen molar-refractivity contribution in [3.8, 4) is 11.5 Å². The topological polar surface area (TPSA) is 73.5 Å². The molecule has 3 heterocycles. The minimum Gasteiger partial charge on any atom is -0.493 e. The van der Waals surface area contributed by atoms with E-state index in [2.05, 4.69) is 16.8 Å². The Morgan fingerprint density at radius 3 is 2.29 bits per heavy atom. The van der Waals surface area contributed by atoms with E-state index in [1.807, 2.05) is 12.1 Å². The van der Waals surface area contributed by atoms with Crippen molar-refractivity contribution in [2.45, 2.75) is 44.7 Å². The zero-order valence-corrected chi connectivity index (χ0v) is 14.5. The van der Waals surface area contributed by atoms with Crippen molar-refractivity contribution in [1.82, 2.24) is 9.97 Å². The quantitative estimate of drug-likeness (QED) is 0.934. The van der Waals surface area contributed by atoms with Gasteiger partial charge in [0.05, 0.1) is 19.7 Å². The number of nitrogens with two attached hydrogens (primary N) is 1. The molecule has 128 valence electrons. The molecule has 24 heavy (non-hydrogen) atoms.